The summed E-state index contributed by atoms with van der Waals surface area (Å²) in [6, 6.07) is 6.66. The van der Waals surface area contributed by atoms with Crippen LogP contribution in [0.5, 0.6) is 0 Å². The number of anilines is 1. The van der Waals surface area contributed by atoms with Crippen molar-refractivity contribution in [1.29, 1.82) is 0 Å². The summed E-state index contributed by atoms with van der Waals surface area (Å²) >= 11 is 0. The molecule has 1 aromatic carbocycles. The van der Waals surface area contributed by atoms with E-state index < -0.39 is 0 Å². The van der Waals surface area contributed by atoms with Crippen LogP contribution in [0.15, 0.2) is 35.5 Å². The lowest BCUT2D eigenvalue weighted by atomic mass is 10.2. The second kappa shape index (κ2) is 7.98. The van der Waals surface area contributed by atoms with Crippen LogP contribution < -0.4 is 10.6 Å². The van der Waals surface area contributed by atoms with Gasteiger partial charge in [-0.1, -0.05) is 0 Å². The first-order valence-electron chi connectivity index (χ1n) is 9.79. The number of imidazole rings is 1. The number of hydrogen-bond acceptors (Lipinski definition) is 3. The van der Waals surface area contributed by atoms with Gasteiger partial charge in [0, 0.05) is 64.0 Å². The predicted octanol–water partition coefficient (Wildman–Crippen LogP) is 2.04. The van der Waals surface area contributed by atoms with Crippen LogP contribution in [-0.2, 0) is 19.4 Å². The molecule has 7 heteroatoms. The summed E-state index contributed by atoms with van der Waals surface area (Å²) in [5, 5.41) is 0. The summed E-state index contributed by atoms with van der Waals surface area (Å²) < 4.78 is 15.3. The summed E-state index contributed by atoms with van der Waals surface area (Å²) in [4.78, 5) is 13.6. The smallest absolute Gasteiger partial charge is 0.191 e. The Morgan fingerprint density at radius 3 is 2.59 bits per heavy atom. The van der Waals surface area contributed by atoms with E-state index in [4.69, 9.17) is 10.7 Å². The van der Waals surface area contributed by atoms with E-state index in [0.29, 0.717) is 12.5 Å². The van der Waals surface area contributed by atoms with Crippen molar-refractivity contribution in [3.8, 4) is 0 Å². The monoisotopic (exact) mass is 370 g/mol. The van der Waals surface area contributed by atoms with Crippen LogP contribution in [0, 0.1) is 5.82 Å². The summed E-state index contributed by atoms with van der Waals surface area (Å²) in [5.41, 5.74) is 8.36. The van der Waals surface area contributed by atoms with E-state index in [1.807, 2.05) is 12.1 Å². The topological polar surface area (TPSA) is 62.7 Å². The number of nitrogens with two attached hydrogens (primary N) is 1. The molecule has 0 radical (unpaired) electrons. The number of halogens is 1. The van der Waals surface area contributed by atoms with Gasteiger partial charge in [0.15, 0.2) is 5.96 Å². The van der Waals surface area contributed by atoms with E-state index in [2.05, 4.69) is 25.6 Å². The normalized spacial score (nSPS) is 17.9. The number of guanidine groups is 1. The molecule has 0 bridgehead atoms. The average molecular weight is 370 g/mol. The standard InChI is InChI=1S/C20H27FN6/c21-16-4-6-18(7-5-16)25-11-13-26(14-12-25)20(22)23-9-8-17-15-27-10-2-1-3-19(27)24-17/h4-7,15H,1-3,8-14H2,(H2,22,23). The molecule has 0 aliphatic carbocycles. The molecule has 2 N–H and O–H groups in total. The Bertz CT molecular complexity index is 766. The fourth-order valence-electron chi connectivity index (χ4n) is 3.82. The van der Waals surface area contributed by atoms with Gasteiger partial charge in [-0.05, 0) is 37.1 Å². The van der Waals surface area contributed by atoms with E-state index >= 15 is 0 Å². The van der Waals surface area contributed by atoms with Gasteiger partial charge in [-0.15, -0.1) is 0 Å². The van der Waals surface area contributed by atoms with E-state index in [-0.39, 0.29) is 5.82 Å². The van der Waals surface area contributed by atoms with Crippen molar-refractivity contribution in [1.82, 2.24) is 14.5 Å². The number of fused-ring (bicyclic) bond motifs is 1. The van der Waals surface area contributed by atoms with Gasteiger partial charge >= 0.3 is 0 Å². The third-order valence-corrected chi connectivity index (χ3v) is 5.40. The molecular formula is C20H27FN6. The Morgan fingerprint density at radius 2 is 1.85 bits per heavy atom. The number of aliphatic imine (C=N–C) groups is 1. The Labute approximate surface area is 159 Å². The van der Waals surface area contributed by atoms with Crippen LogP contribution in [0.4, 0.5) is 10.1 Å². The third-order valence-electron chi connectivity index (χ3n) is 5.40. The summed E-state index contributed by atoms with van der Waals surface area (Å²) in [6.45, 7) is 5.12. The number of hydrogen-bond donors (Lipinski definition) is 1. The van der Waals surface area contributed by atoms with Gasteiger partial charge in [0.25, 0.3) is 0 Å². The number of rotatable bonds is 4. The van der Waals surface area contributed by atoms with E-state index in [9.17, 15) is 4.39 Å². The van der Waals surface area contributed by atoms with Crippen molar-refractivity contribution in [3.63, 3.8) is 0 Å². The maximum Gasteiger partial charge on any atom is 0.191 e. The second-order valence-electron chi connectivity index (χ2n) is 7.24. The Kier molecular flexibility index (Phi) is 5.27. The minimum atomic E-state index is -0.202. The first kappa shape index (κ1) is 17.8. The number of aromatic nitrogens is 2. The van der Waals surface area contributed by atoms with Crippen molar-refractivity contribution >= 4 is 11.6 Å². The molecule has 0 spiro atoms. The SMILES string of the molecule is NC(=NCCc1cn2c(n1)CCCC2)N1CCN(c2ccc(F)cc2)CC1. The van der Waals surface area contributed by atoms with Crippen molar-refractivity contribution in [3.05, 3.63) is 47.8 Å². The summed E-state index contributed by atoms with van der Waals surface area (Å²) in [6.07, 6.45) is 6.57. The lowest BCUT2D eigenvalue weighted by molar-refractivity contribution is 0.381. The zero-order valence-electron chi connectivity index (χ0n) is 15.6. The first-order valence-corrected chi connectivity index (χ1v) is 9.79. The Balaban J connectivity index is 1.26. The predicted molar refractivity (Wildman–Crippen MR) is 106 cm³/mol. The molecule has 0 unspecified atom stereocenters. The molecule has 2 aliphatic rings. The Morgan fingerprint density at radius 1 is 1.07 bits per heavy atom. The molecule has 144 valence electrons. The molecular weight excluding hydrogens is 343 g/mol. The summed E-state index contributed by atoms with van der Waals surface area (Å²) in [7, 11) is 0. The zero-order valence-corrected chi connectivity index (χ0v) is 15.6. The van der Waals surface area contributed by atoms with Crippen LogP contribution >= 0.6 is 0 Å². The average Bonchev–Trinajstić information content (AvgIpc) is 3.11. The molecule has 2 aromatic rings. The second-order valence-corrected chi connectivity index (χ2v) is 7.24. The molecule has 0 amide bonds. The number of piperazine rings is 1. The first-order chi connectivity index (χ1) is 13.2. The number of benzene rings is 1. The van der Waals surface area contributed by atoms with Gasteiger partial charge in [0.2, 0.25) is 0 Å². The highest BCUT2D eigenvalue weighted by atomic mass is 19.1. The lowest BCUT2D eigenvalue weighted by Gasteiger charge is -2.36. The summed E-state index contributed by atoms with van der Waals surface area (Å²) in [5.74, 6) is 1.62. The largest absolute Gasteiger partial charge is 0.370 e. The van der Waals surface area contributed by atoms with Gasteiger partial charge in [-0.25, -0.2) is 9.37 Å². The van der Waals surface area contributed by atoms with E-state index in [1.54, 1.807) is 0 Å². The molecule has 4 rings (SSSR count). The van der Waals surface area contributed by atoms with Gasteiger partial charge in [0.05, 0.1) is 5.69 Å². The third kappa shape index (κ3) is 4.23. The van der Waals surface area contributed by atoms with Crippen molar-refractivity contribution in [2.24, 2.45) is 10.7 Å². The van der Waals surface area contributed by atoms with Gasteiger partial charge in [-0.3, -0.25) is 4.99 Å². The van der Waals surface area contributed by atoms with Crippen LogP contribution in [-0.4, -0.2) is 53.1 Å². The maximum absolute atomic E-state index is 13.1. The number of aryl methyl sites for hydroxylation is 2. The maximum atomic E-state index is 13.1. The lowest BCUT2D eigenvalue weighted by Crippen LogP contribution is -2.51. The molecule has 3 heterocycles. The molecule has 2 aliphatic heterocycles. The highest BCUT2D eigenvalue weighted by Crippen LogP contribution is 2.17. The minimum absolute atomic E-state index is 0.202. The fraction of sp³-hybridized carbons (Fsp3) is 0.500. The molecule has 1 saturated heterocycles. The quantitative estimate of drug-likeness (QED) is 0.661. The van der Waals surface area contributed by atoms with Crippen LogP contribution in [0.3, 0.4) is 0 Å². The zero-order chi connectivity index (χ0) is 18.6. The molecule has 1 aromatic heterocycles. The minimum Gasteiger partial charge on any atom is -0.370 e. The molecule has 1 fully saturated rings. The van der Waals surface area contributed by atoms with Crippen LogP contribution in [0.2, 0.25) is 0 Å². The van der Waals surface area contributed by atoms with E-state index in [1.165, 1.54) is 30.8 Å². The Hall–Kier alpha value is -2.57. The van der Waals surface area contributed by atoms with Gasteiger partial charge < -0.3 is 20.1 Å². The number of nitrogens with zero attached hydrogens (tertiary/aromatic N) is 5. The van der Waals surface area contributed by atoms with Gasteiger partial charge in [-0.2, -0.15) is 0 Å². The van der Waals surface area contributed by atoms with Crippen LogP contribution in [0.25, 0.3) is 0 Å². The molecule has 0 atom stereocenters. The van der Waals surface area contributed by atoms with E-state index in [0.717, 1.165) is 56.9 Å². The molecule has 0 saturated carbocycles. The van der Waals surface area contributed by atoms with Crippen LogP contribution in [0.1, 0.15) is 24.4 Å². The van der Waals surface area contributed by atoms with Crippen molar-refractivity contribution in [2.45, 2.75) is 32.2 Å². The molecule has 6 nitrogen and oxygen atoms in total. The highest BCUT2D eigenvalue weighted by molar-refractivity contribution is 5.78. The van der Waals surface area contributed by atoms with Crippen molar-refractivity contribution < 1.29 is 4.39 Å². The van der Waals surface area contributed by atoms with Gasteiger partial charge in [0.1, 0.15) is 11.6 Å². The van der Waals surface area contributed by atoms with Crippen molar-refractivity contribution in [2.75, 3.05) is 37.6 Å². The highest BCUT2D eigenvalue weighted by Gasteiger charge is 2.18. The molecule has 27 heavy (non-hydrogen) atoms. The fourth-order valence-corrected chi connectivity index (χ4v) is 3.82.